The number of amides is 2. The Hall–Kier alpha value is -2.77. The summed E-state index contributed by atoms with van der Waals surface area (Å²) in [5.41, 5.74) is 1.99. The molecule has 2 amide bonds. The normalized spacial score (nSPS) is 10.5. The number of hydrogen-bond acceptors (Lipinski definition) is 5. The molecular weight excluding hydrogens is 308 g/mol. The van der Waals surface area contributed by atoms with Gasteiger partial charge in [-0.25, -0.2) is 0 Å². The lowest BCUT2D eigenvalue weighted by Crippen LogP contribution is -2.42. The van der Waals surface area contributed by atoms with Crippen molar-refractivity contribution >= 4 is 11.8 Å². The summed E-state index contributed by atoms with van der Waals surface area (Å²) in [5.74, 6) is 0.0609. The molecule has 0 aliphatic heterocycles. The van der Waals surface area contributed by atoms with E-state index in [0.29, 0.717) is 18.9 Å². The van der Waals surface area contributed by atoms with E-state index in [2.05, 4.69) is 20.7 Å². The van der Waals surface area contributed by atoms with Gasteiger partial charge in [0.25, 0.3) is 0 Å². The largest absolute Gasteiger partial charge is 0.355 e. The molecule has 0 aliphatic carbocycles. The summed E-state index contributed by atoms with van der Waals surface area (Å²) in [6.07, 6.45) is 0. The SMILES string of the molecule is CCNC(=O)CN(CC)C(=O)Cn1nnc(-c2ccc(C)cc2)n1. The summed E-state index contributed by atoms with van der Waals surface area (Å²) in [6.45, 7) is 6.62. The number of rotatable bonds is 7. The van der Waals surface area contributed by atoms with Gasteiger partial charge in [-0.05, 0) is 26.0 Å². The molecule has 1 N–H and O–H groups in total. The second-order valence-electron chi connectivity index (χ2n) is 5.37. The van der Waals surface area contributed by atoms with Crippen LogP contribution in [0.1, 0.15) is 19.4 Å². The van der Waals surface area contributed by atoms with E-state index in [-0.39, 0.29) is 24.9 Å². The lowest BCUT2D eigenvalue weighted by atomic mass is 10.1. The predicted molar refractivity (Wildman–Crippen MR) is 88.9 cm³/mol. The molecule has 0 saturated heterocycles. The maximum Gasteiger partial charge on any atom is 0.246 e. The molecule has 8 nitrogen and oxygen atoms in total. The van der Waals surface area contributed by atoms with Crippen LogP contribution in [0.2, 0.25) is 0 Å². The Morgan fingerprint density at radius 3 is 2.54 bits per heavy atom. The first-order valence-electron chi connectivity index (χ1n) is 7.92. The van der Waals surface area contributed by atoms with Crippen LogP contribution in [0, 0.1) is 6.92 Å². The van der Waals surface area contributed by atoms with Gasteiger partial charge in [-0.3, -0.25) is 9.59 Å². The van der Waals surface area contributed by atoms with Crippen LogP contribution in [-0.2, 0) is 16.1 Å². The summed E-state index contributed by atoms with van der Waals surface area (Å²) < 4.78 is 0. The maximum absolute atomic E-state index is 12.3. The first-order chi connectivity index (χ1) is 11.5. The van der Waals surface area contributed by atoms with Gasteiger partial charge in [-0.1, -0.05) is 29.8 Å². The topological polar surface area (TPSA) is 93.0 Å². The van der Waals surface area contributed by atoms with Gasteiger partial charge in [0.2, 0.25) is 17.6 Å². The van der Waals surface area contributed by atoms with Gasteiger partial charge < -0.3 is 10.2 Å². The zero-order chi connectivity index (χ0) is 17.5. The highest BCUT2D eigenvalue weighted by atomic mass is 16.2. The Labute approximate surface area is 140 Å². The number of benzene rings is 1. The molecule has 128 valence electrons. The van der Waals surface area contributed by atoms with E-state index in [9.17, 15) is 9.59 Å². The van der Waals surface area contributed by atoms with Gasteiger partial charge in [-0.2, -0.15) is 4.80 Å². The lowest BCUT2D eigenvalue weighted by Gasteiger charge is -2.19. The van der Waals surface area contributed by atoms with Crippen molar-refractivity contribution in [3.05, 3.63) is 29.8 Å². The average molecular weight is 330 g/mol. The lowest BCUT2D eigenvalue weighted by molar-refractivity contribution is -0.136. The molecule has 0 aliphatic rings. The number of aryl methyl sites for hydroxylation is 1. The van der Waals surface area contributed by atoms with E-state index in [0.717, 1.165) is 11.1 Å². The number of tetrazole rings is 1. The minimum atomic E-state index is -0.225. The van der Waals surface area contributed by atoms with Gasteiger partial charge in [0.05, 0.1) is 6.54 Å². The van der Waals surface area contributed by atoms with Crippen molar-refractivity contribution < 1.29 is 9.59 Å². The van der Waals surface area contributed by atoms with Crippen LogP contribution >= 0.6 is 0 Å². The predicted octanol–water partition coefficient (Wildman–Crippen LogP) is 0.633. The van der Waals surface area contributed by atoms with Crippen LogP contribution in [0.3, 0.4) is 0 Å². The number of carbonyl (C=O) groups excluding carboxylic acids is 2. The number of carbonyl (C=O) groups is 2. The van der Waals surface area contributed by atoms with Crippen LogP contribution in [0.4, 0.5) is 0 Å². The van der Waals surface area contributed by atoms with Gasteiger partial charge in [0.15, 0.2) is 0 Å². The summed E-state index contributed by atoms with van der Waals surface area (Å²) >= 11 is 0. The fourth-order valence-corrected chi connectivity index (χ4v) is 2.15. The Kier molecular flexibility index (Phi) is 6.00. The van der Waals surface area contributed by atoms with Gasteiger partial charge in [0.1, 0.15) is 6.54 Å². The molecule has 2 aromatic rings. The third kappa shape index (κ3) is 4.61. The number of aromatic nitrogens is 4. The second-order valence-corrected chi connectivity index (χ2v) is 5.37. The molecule has 1 aromatic carbocycles. The molecule has 24 heavy (non-hydrogen) atoms. The average Bonchev–Trinajstić information content (AvgIpc) is 3.02. The molecule has 1 heterocycles. The van der Waals surface area contributed by atoms with Gasteiger partial charge in [0, 0.05) is 18.7 Å². The highest BCUT2D eigenvalue weighted by Crippen LogP contribution is 2.13. The van der Waals surface area contributed by atoms with Crippen molar-refractivity contribution in [1.29, 1.82) is 0 Å². The van der Waals surface area contributed by atoms with E-state index >= 15 is 0 Å². The Morgan fingerprint density at radius 1 is 1.21 bits per heavy atom. The van der Waals surface area contributed by atoms with E-state index in [1.165, 1.54) is 9.70 Å². The summed E-state index contributed by atoms with van der Waals surface area (Å²) in [5, 5.41) is 14.8. The quantitative estimate of drug-likeness (QED) is 0.804. The molecule has 0 spiro atoms. The Balaban J connectivity index is 2.01. The highest BCUT2D eigenvalue weighted by Gasteiger charge is 2.17. The van der Waals surface area contributed by atoms with Crippen LogP contribution in [0.25, 0.3) is 11.4 Å². The van der Waals surface area contributed by atoms with Crippen LogP contribution in [0.5, 0.6) is 0 Å². The molecule has 0 saturated carbocycles. The van der Waals surface area contributed by atoms with Gasteiger partial charge in [-0.15, -0.1) is 10.2 Å². The molecule has 0 unspecified atom stereocenters. The molecule has 1 aromatic heterocycles. The van der Waals surface area contributed by atoms with E-state index in [1.54, 1.807) is 0 Å². The first kappa shape index (κ1) is 17.6. The summed E-state index contributed by atoms with van der Waals surface area (Å²) in [7, 11) is 0. The second kappa shape index (κ2) is 8.19. The fourth-order valence-electron chi connectivity index (χ4n) is 2.15. The van der Waals surface area contributed by atoms with Crippen LogP contribution in [-0.4, -0.2) is 56.6 Å². The minimum absolute atomic E-state index is 0.0304. The third-order valence-corrected chi connectivity index (χ3v) is 3.48. The minimum Gasteiger partial charge on any atom is -0.355 e. The van der Waals surface area contributed by atoms with Crippen molar-refractivity contribution in [1.82, 2.24) is 30.4 Å². The number of likely N-dealkylation sites (N-methyl/N-ethyl adjacent to an activating group) is 2. The highest BCUT2D eigenvalue weighted by molar-refractivity contribution is 5.84. The Bertz CT molecular complexity index is 695. The smallest absolute Gasteiger partial charge is 0.246 e. The van der Waals surface area contributed by atoms with Crippen molar-refractivity contribution in [2.24, 2.45) is 0 Å². The molecule has 8 heteroatoms. The van der Waals surface area contributed by atoms with Crippen LogP contribution in [0.15, 0.2) is 24.3 Å². The molecule has 0 bridgehead atoms. The standard InChI is InChI=1S/C16H22N6O2/c1-4-17-14(23)10-21(5-2)15(24)11-22-19-16(18-20-22)13-8-6-12(3)7-9-13/h6-9H,4-5,10-11H2,1-3H3,(H,17,23). The Morgan fingerprint density at radius 2 is 1.92 bits per heavy atom. The van der Waals surface area contributed by atoms with E-state index in [1.807, 2.05) is 45.0 Å². The first-order valence-corrected chi connectivity index (χ1v) is 7.92. The van der Waals surface area contributed by atoms with E-state index < -0.39 is 0 Å². The maximum atomic E-state index is 12.3. The molecule has 0 radical (unpaired) electrons. The third-order valence-electron chi connectivity index (χ3n) is 3.48. The molecule has 0 fully saturated rings. The summed E-state index contributed by atoms with van der Waals surface area (Å²) in [4.78, 5) is 26.6. The van der Waals surface area contributed by atoms with Crippen molar-refractivity contribution in [2.45, 2.75) is 27.3 Å². The molecule has 0 atom stereocenters. The monoisotopic (exact) mass is 330 g/mol. The van der Waals surface area contributed by atoms with Crippen molar-refractivity contribution in [2.75, 3.05) is 19.6 Å². The number of nitrogens with zero attached hydrogens (tertiary/aromatic N) is 5. The van der Waals surface area contributed by atoms with Gasteiger partial charge >= 0.3 is 0 Å². The zero-order valence-corrected chi connectivity index (χ0v) is 14.2. The number of hydrogen-bond donors (Lipinski definition) is 1. The molecular formula is C16H22N6O2. The van der Waals surface area contributed by atoms with Crippen molar-refractivity contribution in [3.63, 3.8) is 0 Å². The van der Waals surface area contributed by atoms with Crippen LogP contribution < -0.4 is 5.32 Å². The zero-order valence-electron chi connectivity index (χ0n) is 14.2. The fraction of sp³-hybridized carbons (Fsp3) is 0.438. The van der Waals surface area contributed by atoms with Crippen molar-refractivity contribution in [3.8, 4) is 11.4 Å². The number of nitrogens with one attached hydrogen (secondary N) is 1. The van der Waals surface area contributed by atoms with E-state index in [4.69, 9.17) is 0 Å². The molecule has 2 rings (SSSR count). The summed E-state index contributed by atoms with van der Waals surface area (Å²) in [6, 6.07) is 7.75.